The van der Waals surface area contributed by atoms with Gasteiger partial charge >= 0.3 is 0 Å². The van der Waals surface area contributed by atoms with Crippen LogP contribution >= 0.6 is 22.5 Å². The molecule has 2 unspecified atom stereocenters. The third-order valence-corrected chi connectivity index (χ3v) is 12.6. The van der Waals surface area contributed by atoms with E-state index in [0.717, 1.165) is 68.9 Å². The van der Waals surface area contributed by atoms with Gasteiger partial charge in [0.25, 0.3) is 10.0 Å². The molecule has 16 heteroatoms. The number of thiophene rings is 1. The first-order valence-corrected chi connectivity index (χ1v) is 18.8. The monoisotopic (exact) mass is 683 g/mol. The van der Waals surface area contributed by atoms with Crippen molar-refractivity contribution >= 4 is 44.0 Å². The van der Waals surface area contributed by atoms with E-state index in [4.69, 9.17) is 9.41 Å². The van der Waals surface area contributed by atoms with Crippen LogP contribution in [0.5, 0.6) is 5.75 Å². The molecule has 2 fully saturated rings. The number of piperazine rings is 1. The molecule has 0 amide bonds. The van der Waals surface area contributed by atoms with Gasteiger partial charge < -0.3 is 34.3 Å². The summed E-state index contributed by atoms with van der Waals surface area (Å²) in [5, 5.41) is 25.0. The Morgan fingerprint density at radius 2 is 2.02 bits per heavy atom. The number of hydrogen-bond donors (Lipinski definition) is 4. The number of nitrogens with zero attached hydrogens (tertiary/aromatic N) is 5. The number of aromatic nitrogens is 2. The van der Waals surface area contributed by atoms with Gasteiger partial charge in [-0.15, -0.1) is 15.7 Å². The molecule has 2 aliphatic heterocycles. The van der Waals surface area contributed by atoms with Crippen LogP contribution in [0.4, 0.5) is 11.5 Å². The van der Waals surface area contributed by atoms with Crippen LogP contribution in [0.2, 0.25) is 0 Å². The lowest BCUT2D eigenvalue weighted by Gasteiger charge is -2.32. The zero-order valence-corrected chi connectivity index (χ0v) is 28.8. The van der Waals surface area contributed by atoms with E-state index in [1.807, 2.05) is 26.8 Å². The first-order chi connectivity index (χ1) is 21.4. The molecular formula is C29H45N7O6S3. The SMILES string of the molecule is CN1CCN(CCCCc2coc([C@H](N=c3[nH][s+]([O-])nc3Nc3csc(S(=O)(=O)N4CCCC4CO)c3O)C(C)(C)C)c2)CC1. The normalized spacial score (nSPS) is 20.7. The Morgan fingerprint density at radius 1 is 1.27 bits per heavy atom. The maximum absolute atomic E-state index is 13.3. The first-order valence-electron chi connectivity index (χ1n) is 15.4. The van der Waals surface area contributed by atoms with E-state index in [1.165, 1.54) is 9.69 Å². The van der Waals surface area contributed by atoms with Gasteiger partial charge in [0.1, 0.15) is 11.8 Å². The standard InChI is InChI=1S/C29H45N7O6S3/c1-29(2,3)25(23-16-20(18-42-23)8-5-6-10-35-14-12-34(4)13-15-35)31-27-26(32-44(39)33-27)30-22-19-43-28(24(22)38)45(40,41)36-11-7-9-21(36)17-37/h16,18-19,21,25,37-38H,5-15,17H2,1-4H3,(H,30,32)(H,31,33)/t21?,25-,44?/m0/s1. The van der Waals surface area contributed by atoms with Gasteiger partial charge in [-0.2, -0.15) is 4.31 Å². The second-order valence-corrected chi connectivity index (χ2v) is 16.9. The highest BCUT2D eigenvalue weighted by Crippen LogP contribution is 2.42. The second-order valence-electron chi connectivity index (χ2n) is 13.0. The van der Waals surface area contributed by atoms with Crippen molar-refractivity contribution in [1.29, 1.82) is 0 Å². The number of sulfonamides is 1. The van der Waals surface area contributed by atoms with Gasteiger partial charge in [-0.05, 0) is 62.7 Å². The summed E-state index contributed by atoms with van der Waals surface area (Å²) in [4.78, 5) is 9.76. The predicted molar refractivity (Wildman–Crippen MR) is 174 cm³/mol. The number of aromatic hydroxyl groups is 1. The van der Waals surface area contributed by atoms with Gasteiger partial charge in [-0.1, -0.05) is 20.8 Å². The van der Waals surface area contributed by atoms with E-state index >= 15 is 0 Å². The van der Waals surface area contributed by atoms with E-state index in [9.17, 15) is 23.2 Å². The lowest BCUT2D eigenvalue weighted by Crippen LogP contribution is -2.44. The molecule has 5 heterocycles. The topological polar surface area (TPSA) is 174 Å². The Bertz CT molecular complexity index is 1600. The lowest BCUT2D eigenvalue weighted by atomic mass is 9.85. The van der Waals surface area contributed by atoms with Crippen LogP contribution in [-0.2, 0) is 16.4 Å². The van der Waals surface area contributed by atoms with Crippen molar-refractivity contribution in [3.63, 3.8) is 0 Å². The van der Waals surface area contributed by atoms with Crippen molar-refractivity contribution in [2.24, 2.45) is 10.4 Å². The molecule has 3 aromatic rings. The van der Waals surface area contributed by atoms with Gasteiger partial charge in [0.15, 0.2) is 21.1 Å². The second kappa shape index (κ2) is 14.2. The summed E-state index contributed by atoms with van der Waals surface area (Å²) in [7, 11) is -1.85. The number of hydrogen-bond acceptors (Lipinski definition) is 12. The van der Waals surface area contributed by atoms with Crippen molar-refractivity contribution < 1.29 is 27.6 Å². The molecule has 45 heavy (non-hydrogen) atoms. The smallest absolute Gasteiger partial charge is 0.256 e. The highest BCUT2D eigenvalue weighted by molar-refractivity contribution is 7.91. The Hall–Kier alpha value is -2.31. The Morgan fingerprint density at radius 3 is 2.73 bits per heavy atom. The number of H-pyrrole nitrogens is 1. The highest BCUT2D eigenvalue weighted by atomic mass is 32.2. The fourth-order valence-corrected chi connectivity index (χ4v) is 9.51. The number of aliphatic hydroxyl groups is 1. The van der Waals surface area contributed by atoms with Crippen LogP contribution in [0.1, 0.15) is 63.8 Å². The van der Waals surface area contributed by atoms with Crippen molar-refractivity contribution in [3.05, 3.63) is 34.5 Å². The fourth-order valence-electron chi connectivity index (χ4n) is 5.82. The van der Waals surface area contributed by atoms with Crippen molar-refractivity contribution in [3.8, 4) is 5.75 Å². The minimum atomic E-state index is -4.02. The highest BCUT2D eigenvalue weighted by Gasteiger charge is 2.38. The molecule has 2 aliphatic rings. The number of rotatable bonds is 12. The first kappa shape index (κ1) is 34.0. The number of aliphatic hydroxyl groups excluding tert-OH is 1. The quantitative estimate of drug-likeness (QED) is 0.163. The van der Waals surface area contributed by atoms with E-state index in [0.29, 0.717) is 18.6 Å². The largest absolute Gasteiger partial charge is 0.548 e. The molecule has 0 bridgehead atoms. The summed E-state index contributed by atoms with van der Waals surface area (Å²) < 4.78 is 52.9. The molecule has 3 aromatic heterocycles. The van der Waals surface area contributed by atoms with E-state index in [-0.39, 0.29) is 39.8 Å². The molecule has 0 aromatic carbocycles. The van der Waals surface area contributed by atoms with Crippen LogP contribution in [0.25, 0.3) is 0 Å². The summed E-state index contributed by atoms with van der Waals surface area (Å²) in [5.74, 6) is 0.336. The van der Waals surface area contributed by atoms with Gasteiger partial charge in [0.05, 0.1) is 18.6 Å². The molecule has 4 N–H and O–H groups in total. The molecule has 5 rings (SSSR count). The van der Waals surface area contributed by atoms with E-state index in [1.54, 1.807) is 6.26 Å². The van der Waals surface area contributed by atoms with Gasteiger partial charge in [-0.25, -0.2) is 13.4 Å². The van der Waals surface area contributed by atoms with Crippen molar-refractivity contribution in [1.82, 2.24) is 22.9 Å². The van der Waals surface area contributed by atoms with Crippen LogP contribution in [0.3, 0.4) is 0 Å². The molecule has 0 saturated carbocycles. The molecule has 0 aliphatic carbocycles. The molecular weight excluding hydrogens is 639 g/mol. The van der Waals surface area contributed by atoms with Crippen molar-refractivity contribution in [2.75, 3.05) is 58.2 Å². The van der Waals surface area contributed by atoms with Crippen LogP contribution in [0.15, 0.2) is 31.3 Å². The average molecular weight is 684 g/mol. The number of unbranched alkanes of at least 4 members (excludes halogenated alkanes) is 1. The van der Waals surface area contributed by atoms with Gasteiger partial charge in [-0.3, -0.25) is 0 Å². The van der Waals surface area contributed by atoms with E-state index in [2.05, 4.69) is 30.9 Å². The Balaban J connectivity index is 1.31. The van der Waals surface area contributed by atoms with Gasteiger partial charge in [0, 0.05) is 48.5 Å². The predicted octanol–water partition coefficient (Wildman–Crippen LogP) is 3.64. The average Bonchev–Trinajstić information content (AvgIpc) is 3.78. The molecule has 2 saturated heterocycles. The summed E-state index contributed by atoms with van der Waals surface area (Å²) in [6.07, 6.45) is 6.06. The van der Waals surface area contributed by atoms with Gasteiger partial charge in [0.2, 0.25) is 11.3 Å². The number of furan rings is 1. The van der Waals surface area contributed by atoms with Crippen LogP contribution < -0.4 is 10.8 Å². The molecule has 0 spiro atoms. The van der Waals surface area contributed by atoms with Crippen LogP contribution in [0, 0.1) is 5.41 Å². The number of aryl methyl sites for hydroxylation is 1. The number of likely N-dealkylation sites (N-methyl/N-ethyl adjacent to an activating group) is 1. The maximum Gasteiger partial charge on any atom is 0.256 e. The minimum absolute atomic E-state index is 0.106. The third-order valence-electron chi connectivity index (χ3n) is 8.45. The molecule has 250 valence electrons. The lowest BCUT2D eigenvalue weighted by molar-refractivity contribution is 0.152. The third kappa shape index (κ3) is 7.99. The number of nitrogens with one attached hydrogen (secondary N) is 2. The molecule has 0 radical (unpaired) electrons. The molecule has 3 atom stereocenters. The number of anilines is 2. The fraction of sp³-hybridized carbons (Fsp3) is 0.655. The summed E-state index contributed by atoms with van der Waals surface area (Å²) in [6.45, 7) is 11.7. The van der Waals surface area contributed by atoms with Crippen molar-refractivity contribution in [2.45, 2.75) is 69.2 Å². The maximum atomic E-state index is 13.3. The minimum Gasteiger partial charge on any atom is -0.548 e. The summed E-state index contributed by atoms with van der Waals surface area (Å²) >= 11 is -0.944. The Kier molecular flexibility index (Phi) is 10.7. The van der Waals surface area contributed by atoms with Crippen LogP contribution in [-0.4, -0.2) is 105 Å². The summed E-state index contributed by atoms with van der Waals surface area (Å²) in [5.41, 5.74) is 1.06. The number of aromatic amines is 1. The van der Waals surface area contributed by atoms with E-state index < -0.39 is 39.0 Å². The zero-order chi connectivity index (χ0) is 32.4. The summed E-state index contributed by atoms with van der Waals surface area (Å²) in [6, 6.07) is 1.07. The molecule has 13 nitrogen and oxygen atoms in total. The Labute approximate surface area is 271 Å². The zero-order valence-electron chi connectivity index (χ0n) is 26.4.